The van der Waals surface area contributed by atoms with Gasteiger partial charge >= 0.3 is 25.4 Å². The molecule has 0 rings (SSSR count). The van der Waals surface area contributed by atoms with Crippen molar-refractivity contribution >= 4 is 12.1 Å². The Hall–Kier alpha value is -0.637. The van der Waals surface area contributed by atoms with Crippen molar-refractivity contribution < 1.29 is 44.0 Å². The molecular formula is C9H16O5Zn. The predicted octanol–water partition coefficient (Wildman–Crippen LogP) is -0.320. The molecule has 0 aromatic carbocycles. The molecule has 0 aromatic rings. The van der Waals surface area contributed by atoms with Crippen LogP contribution in [0.3, 0.4) is 0 Å². The third-order valence-corrected chi connectivity index (χ3v) is 1.29. The van der Waals surface area contributed by atoms with Gasteiger partial charge in [0.05, 0.1) is 6.61 Å². The van der Waals surface area contributed by atoms with Gasteiger partial charge in [-0.25, -0.2) is 0 Å². The van der Waals surface area contributed by atoms with E-state index in [0.717, 1.165) is 19.3 Å². The van der Waals surface area contributed by atoms with Crippen LogP contribution in [-0.2, 0) is 29.0 Å². The molecule has 0 saturated carbocycles. The van der Waals surface area contributed by atoms with Crippen molar-refractivity contribution in [1.29, 1.82) is 0 Å². The van der Waals surface area contributed by atoms with Crippen LogP contribution in [0.25, 0.3) is 0 Å². The molecule has 0 heterocycles. The fourth-order valence-electron chi connectivity index (χ4n) is 0.752. The number of carbonyl (C=O) groups is 2. The summed E-state index contributed by atoms with van der Waals surface area (Å²) in [7, 11) is 0. The van der Waals surface area contributed by atoms with Crippen molar-refractivity contribution in [3.05, 3.63) is 0 Å². The van der Waals surface area contributed by atoms with Gasteiger partial charge in [-0.3, -0.25) is 4.79 Å². The van der Waals surface area contributed by atoms with Crippen molar-refractivity contribution in [3.8, 4) is 0 Å². The van der Waals surface area contributed by atoms with E-state index in [1.165, 1.54) is 0 Å². The molecule has 0 aliphatic carbocycles. The third-order valence-electron chi connectivity index (χ3n) is 1.29. The van der Waals surface area contributed by atoms with Gasteiger partial charge in [0.1, 0.15) is 0 Å². The number of ether oxygens (including phenoxy) is 1. The molecule has 0 saturated heterocycles. The molecule has 0 unspecified atom stereocenters. The maximum Gasteiger partial charge on any atom is 2.00 e. The molecular weight excluding hydrogens is 253 g/mol. The first-order valence-corrected chi connectivity index (χ1v) is 4.58. The van der Waals surface area contributed by atoms with E-state index in [9.17, 15) is 4.79 Å². The van der Waals surface area contributed by atoms with Crippen LogP contribution in [-0.4, -0.2) is 18.7 Å². The number of hydrogen-bond acceptors (Lipinski definition) is 5. The number of rotatable bonds is 5. The average Bonchev–Trinajstić information content (AvgIpc) is 2.04. The Morgan fingerprint density at radius 2 is 1.60 bits per heavy atom. The fraction of sp³-hybridized carbons (Fsp3) is 0.778. The van der Waals surface area contributed by atoms with E-state index in [-0.39, 0.29) is 25.4 Å². The molecule has 0 spiro atoms. The minimum absolute atomic E-state index is 0. The minimum atomic E-state index is -2.33. The van der Waals surface area contributed by atoms with Crippen LogP contribution in [0.2, 0.25) is 0 Å². The van der Waals surface area contributed by atoms with Crippen LogP contribution >= 0.6 is 0 Å². The summed E-state index contributed by atoms with van der Waals surface area (Å²) in [6.45, 7) is 4.45. The van der Waals surface area contributed by atoms with E-state index in [1.54, 1.807) is 0 Å². The normalized spacial score (nSPS) is 7.87. The zero-order valence-corrected chi connectivity index (χ0v) is 12.3. The molecule has 15 heavy (non-hydrogen) atoms. The Labute approximate surface area is 103 Å². The Bertz CT molecular complexity index is 157. The molecule has 0 N–H and O–H groups in total. The molecule has 0 aliphatic rings. The molecule has 0 aliphatic heterocycles. The molecule has 0 bridgehead atoms. The molecule has 5 nitrogen and oxygen atoms in total. The summed E-state index contributed by atoms with van der Waals surface area (Å²) in [6, 6.07) is 0. The van der Waals surface area contributed by atoms with E-state index in [0.29, 0.717) is 13.0 Å². The van der Waals surface area contributed by atoms with E-state index < -0.39 is 6.16 Å². The van der Waals surface area contributed by atoms with E-state index in [2.05, 4.69) is 6.92 Å². The average molecular weight is 270 g/mol. The maximum atomic E-state index is 10.7. The number of carbonyl (C=O) groups excluding carboxylic acids is 2. The van der Waals surface area contributed by atoms with E-state index in [1.807, 2.05) is 6.92 Å². The molecule has 0 atom stereocenters. The molecule has 6 heteroatoms. The van der Waals surface area contributed by atoms with Crippen molar-refractivity contribution in [3.63, 3.8) is 0 Å². The van der Waals surface area contributed by atoms with Gasteiger partial charge in [0, 0.05) is 6.42 Å². The van der Waals surface area contributed by atoms with Gasteiger partial charge in [0.15, 0.2) is 0 Å². The van der Waals surface area contributed by atoms with Gasteiger partial charge in [-0.2, -0.15) is 0 Å². The summed E-state index contributed by atoms with van der Waals surface area (Å²) < 4.78 is 4.75. The molecule has 0 fully saturated rings. The Morgan fingerprint density at radius 1 is 1.13 bits per heavy atom. The smallest absolute Gasteiger partial charge is 0.652 e. The summed E-state index contributed by atoms with van der Waals surface area (Å²) in [5.74, 6) is -0.0593. The fourth-order valence-corrected chi connectivity index (χ4v) is 0.752. The number of hydrogen-bond donors (Lipinski definition) is 0. The monoisotopic (exact) mass is 268 g/mol. The standard InChI is InChI=1S/C8H16O2.CH2O3.Zn/c1-3-5-6-7-8(9)10-4-2;2-1(3)4;/h3-7H2,1-2H3;(H2,2,3,4);/q;;+2/p-2. The second kappa shape index (κ2) is 15.8. The van der Waals surface area contributed by atoms with Crippen molar-refractivity contribution in [2.75, 3.05) is 6.61 Å². The van der Waals surface area contributed by atoms with E-state index >= 15 is 0 Å². The topological polar surface area (TPSA) is 89.5 Å². The summed E-state index contributed by atoms with van der Waals surface area (Å²) in [4.78, 5) is 19.0. The molecule has 0 amide bonds. The van der Waals surface area contributed by atoms with Crippen molar-refractivity contribution in [2.45, 2.75) is 39.5 Å². The number of esters is 1. The van der Waals surface area contributed by atoms with Gasteiger partial charge in [-0.1, -0.05) is 19.8 Å². The van der Waals surface area contributed by atoms with E-state index in [4.69, 9.17) is 19.7 Å². The van der Waals surface area contributed by atoms with Crippen LogP contribution in [0.4, 0.5) is 4.79 Å². The van der Waals surface area contributed by atoms with Gasteiger partial charge < -0.3 is 19.7 Å². The van der Waals surface area contributed by atoms with Crippen LogP contribution in [0.1, 0.15) is 39.5 Å². The number of unbranched alkanes of at least 4 members (excludes halogenated alkanes) is 2. The zero-order chi connectivity index (χ0) is 11.4. The van der Waals surface area contributed by atoms with Gasteiger partial charge in [0.25, 0.3) is 0 Å². The molecule has 84 valence electrons. The first-order valence-electron chi connectivity index (χ1n) is 4.58. The van der Waals surface area contributed by atoms with Crippen LogP contribution < -0.4 is 10.2 Å². The molecule has 0 aromatic heterocycles. The Morgan fingerprint density at radius 3 is 1.93 bits per heavy atom. The zero-order valence-electron chi connectivity index (χ0n) is 9.28. The first-order chi connectivity index (χ1) is 6.54. The SMILES string of the molecule is CCCCCC(=O)OCC.O=C([O-])[O-].[Zn+2]. The third kappa shape index (κ3) is 31.8. The maximum absolute atomic E-state index is 10.7. The second-order valence-electron chi connectivity index (χ2n) is 2.51. The number of carboxylic acid groups (broad SMARTS) is 2. The van der Waals surface area contributed by atoms with Gasteiger partial charge in [-0.15, -0.1) is 0 Å². The first kappa shape index (κ1) is 19.9. The van der Waals surface area contributed by atoms with Crippen molar-refractivity contribution in [2.24, 2.45) is 0 Å². The summed E-state index contributed by atoms with van der Waals surface area (Å²) in [6.07, 6.45) is 1.50. The Kier molecular flexibility index (Phi) is 20.9. The van der Waals surface area contributed by atoms with Gasteiger partial charge in [0.2, 0.25) is 0 Å². The summed E-state index contributed by atoms with van der Waals surface area (Å²) >= 11 is 0. The van der Waals surface area contributed by atoms with Crippen LogP contribution in [0, 0.1) is 0 Å². The second-order valence-corrected chi connectivity index (χ2v) is 2.51. The van der Waals surface area contributed by atoms with Crippen LogP contribution in [0.5, 0.6) is 0 Å². The quantitative estimate of drug-likeness (QED) is 0.388. The van der Waals surface area contributed by atoms with Crippen molar-refractivity contribution in [1.82, 2.24) is 0 Å². The molecule has 0 radical (unpaired) electrons. The van der Waals surface area contributed by atoms with Crippen LogP contribution in [0.15, 0.2) is 0 Å². The summed E-state index contributed by atoms with van der Waals surface area (Å²) in [5, 5.41) is 16.7. The largest absolute Gasteiger partial charge is 2.00 e. The summed E-state index contributed by atoms with van der Waals surface area (Å²) in [5.41, 5.74) is 0. The predicted molar refractivity (Wildman–Crippen MR) is 46.2 cm³/mol. The minimum Gasteiger partial charge on any atom is -0.652 e. The van der Waals surface area contributed by atoms with Gasteiger partial charge in [-0.05, 0) is 19.5 Å². The Balaban J connectivity index is -0.000000249.